The minimum absolute atomic E-state index is 0.109. The number of benzene rings is 3. The number of carbonyl (C=O) groups excluding carboxylic acids is 1. The van der Waals surface area contributed by atoms with Gasteiger partial charge in [0.15, 0.2) is 11.7 Å². The normalized spacial score (nSPS) is 10.6. The molecule has 0 atom stereocenters. The van der Waals surface area contributed by atoms with Crippen molar-refractivity contribution in [1.82, 2.24) is 10.3 Å². The molecule has 0 spiro atoms. The number of amides is 1. The Morgan fingerprint density at radius 1 is 1.03 bits per heavy atom. The van der Waals surface area contributed by atoms with E-state index in [9.17, 15) is 4.79 Å². The van der Waals surface area contributed by atoms with E-state index in [1.54, 1.807) is 11.3 Å². The van der Waals surface area contributed by atoms with Crippen LogP contribution in [0.4, 0.5) is 5.69 Å². The molecule has 0 fully saturated rings. The van der Waals surface area contributed by atoms with Crippen LogP contribution in [0.3, 0.4) is 0 Å². The molecule has 7 heteroatoms. The molecule has 2 N–H and O–H groups in total. The number of aryl methyl sites for hydroxylation is 2. The summed E-state index contributed by atoms with van der Waals surface area (Å²) >= 11 is 6.95. The molecule has 0 saturated heterocycles. The molecule has 0 aliphatic carbocycles. The number of rotatable bonds is 5. The van der Waals surface area contributed by atoms with Crippen molar-refractivity contribution in [3.63, 3.8) is 0 Å². The lowest BCUT2D eigenvalue weighted by Gasteiger charge is -2.13. The van der Waals surface area contributed by atoms with Crippen LogP contribution < -0.4 is 15.4 Å². The van der Waals surface area contributed by atoms with Gasteiger partial charge in [-0.3, -0.25) is 10.1 Å². The van der Waals surface area contributed by atoms with Crippen molar-refractivity contribution in [2.24, 2.45) is 0 Å². The first-order chi connectivity index (χ1) is 15.0. The Labute approximate surface area is 190 Å². The van der Waals surface area contributed by atoms with Gasteiger partial charge in [-0.1, -0.05) is 30.3 Å². The van der Waals surface area contributed by atoms with Gasteiger partial charge in [0.25, 0.3) is 5.91 Å². The van der Waals surface area contributed by atoms with E-state index in [4.69, 9.17) is 21.9 Å². The lowest BCUT2D eigenvalue weighted by Crippen LogP contribution is -2.37. The van der Waals surface area contributed by atoms with Gasteiger partial charge in [-0.15, -0.1) is 11.3 Å². The van der Waals surface area contributed by atoms with Crippen molar-refractivity contribution in [1.29, 1.82) is 0 Å². The summed E-state index contributed by atoms with van der Waals surface area (Å²) in [7, 11) is 0. The maximum absolute atomic E-state index is 12.2. The number of fused-ring (bicyclic) bond motifs is 1. The van der Waals surface area contributed by atoms with Gasteiger partial charge < -0.3 is 10.1 Å². The van der Waals surface area contributed by atoms with Gasteiger partial charge in [-0.05, 0) is 73.6 Å². The molecule has 0 bridgehead atoms. The van der Waals surface area contributed by atoms with Gasteiger partial charge >= 0.3 is 0 Å². The highest BCUT2D eigenvalue weighted by Crippen LogP contribution is 2.31. The van der Waals surface area contributed by atoms with Gasteiger partial charge in [0.05, 0.1) is 10.2 Å². The summed E-state index contributed by atoms with van der Waals surface area (Å²) in [6.07, 6.45) is 0. The average Bonchev–Trinajstić information content (AvgIpc) is 3.19. The molecule has 156 valence electrons. The first kappa shape index (κ1) is 21.0. The summed E-state index contributed by atoms with van der Waals surface area (Å²) in [6, 6.07) is 21.7. The van der Waals surface area contributed by atoms with Crippen molar-refractivity contribution in [3.05, 3.63) is 77.9 Å². The highest BCUT2D eigenvalue weighted by molar-refractivity contribution is 7.80. The Morgan fingerprint density at radius 2 is 1.81 bits per heavy atom. The number of anilines is 1. The van der Waals surface area contributed by atoms with Crippen molar-refractivity contribution < 1.29 is 9.53 Å². The fourth-order valence-corrected chi connectivity index (χ4v) is 4.30. The van der Waals surface area contributed by atoms with Gasteiger partial charge in [0, 0.05) is 11.3 Å². The summed E-state index contributed by atoms with van der Waals surface area (Å²) < 4.78 is 6.72. The molecule has 4 rings (SSSR count). The maximum atomic E-state index is 12.2. The first-order valence-electron chi connectivity index (χ1n) is 9.75. The molecule has 3 aromatic carbocycles. The highest BCUT2D eigenvalue weighted by Gasteiger charge is 2.10. The van der Waals surface area contributed by atoms with Gasteiger partial charge in [-0.2, -0.15) is 0 Å². The van der Waals surface area contributed by atoms with Crippen LogP contribution in [-0.4, -0.2) is 22.6 Å². The van der Waals surface area contributed by atoms with Crippen LogP contribution in [-0.2, 0) is 4.79 Å². The average molecular weight is 448 g/mol. The first-order valence-corrected chi connectivity index (χ1v) is 11.0. The van der Waals surface area contributed by atoms with Crippen molar-refractivity contribution in [2.75, 3.05) is 11.9 Å². The Kier molecular flexibility index (Phi) is 6.25. The number of nitrogens with zero attached hydrogens (tertiary/aromatic N) is 1. The molecule has 0 saturated carbocycles. The molecule has 0 aliphatic rings. The lowest BCUT2D eigenvalue weighted by atomic mass is 10.1. The van der Waals surface area contributed by atoms with E-state index < -0.39 is 0 Å². The zero-order chi connectivity index (χ0) is 21.8. The summed E-state index contributed by atoms with van der Waals surface area (Å²) in [5, 5.41) is 6.94. The standard InChI is InChI=1S/C24H21N3O2S2/c1-15-7-3-5-9-20(15)29-14-22(28)27-24(30)26-18-12-11-17(13-16(18)2)23-25-19-8-4-6-10-21(19)31-23/h3-13H,14H2,1-2H3,(H2,26,27,28,30). The second kappa shape index (κ2) is 9.24. The molecule has 1 amide bonds. The second-order valence-corrected chi connectivity index (χ2v) is 8.51. The molecule has 0 radical (unpaired) electrons. The predicted molar refractivity (Wildman–Crippen MR) is 131 cm³/mol. The zero-order valence-electron chi connectivity index (χ0n) is 17.1. The Bertz CT molecular complexity index is 1230. The number of thiazole rings is 1. The molecule has 31 heavy (non-hydrogen) atoms. The number of nitrogens with one attached hydrogen (secondary N) is 2. The predicted octanol–water partition coefficient (Wildman–Crippen LogP) is 5.47. The van der Waals surface area contributed by atoms with Crippen LogP contribution in [0.5, 0.6) is 5.75 Å². The third kappa shape index (κ3) is 5.07. The van der Waals surface area contributed by atoms with E-state index in [0.29, 0.717) is 5.75 Å². The van der Waals surface area contributed by atoms with Crippen molar-refractivity contribution in [2.45, 2.75) is 13.8 Å². The SMILES string of the molecule is Cc1cc(-c2nc3ccccc3s2)ccc1NC(=S)NC(=O)COc1ccccc1C. The van der Waals surface area contributed by atoms with Gasteiger partial charge in [-0.25, -0.2) is 4.98 Å². The fraction of sp³-hybridized carbons (Fsp3) is 0.125. The number of para-hydroxylation sites is 2. The van der Waals surface area contributed by atoms with E-state index in [1.165, 1.54) is 0 Å². The second-order valence-electron chi connectivity index (χ2n) is 7.07. The van der Waals surface area contributed by atoms with Crippen LogP contribution in [0.1, 0.15) is 11.1 Å². The monoisotopic (exact) mass is 447 g/mol. The number of aromatic nitrogens is 1. The van der Waals surface area contributed by atoms with Crippen molar-refractivity contribution in [3.8, 4) is 16.3 Å². The number of thiocarbonyl (C=S) groups is 1. The quantitative estimate of drug-likeness (QED) is 0.397. The molecular formula is C24H21N3O2S2. The van der Waals surface area contributed by atoms with E-state index in [0.717, 1.165) is 37.6 Å². The van der Waals surface area contributed by atoms with Gasteiger partial charge in [0.1, 0.15) is 10.8 Å². The number of hydrogen-bond donors (Lipinski definition) is 2. The van der Waals surface area contributed by atoms with E-state index in [1.807, 2.05) is 68.4 Å². The van der Waals surface area contributed by atoms with E-state index in [-0.39, 0.29) is 17.6 Å². The van der Waals surface area contributed by atoms with Crippen LogP contribution >= 0.6 is 23.6 Å². The molecule has 1 heterocycles. The maximum Gasteiger partial charge on any atom is 0.264 e. The third-order valence-electron chi connectivity index (χ3n) is 4.72. The van der Waals surface area contributed by atoms with E-state index >= 15 is 0 Å². The van der Waals surface area contributed by atoms with Crippen molar-refractivity contribution >= 4 is 50.5 Å². The van der Waals surface area contributed by atoms with Crippen LogP contribution in [0.2, 0.25) is 0 Å². The third-order valence-corrected chi connectivity index (χ3v) is 6.01. The Balaban J connectivity index is 1.37. The molecule has 1 aromatic heterocycles. The number of hydrogen-bond acceptors (Lipinski definition) is 5. The zero-order valence-corrected chi connectivity index (χ0v) is 18.8. The molecule has 4 aromatic rings. The number of carbonyl (C=O) groups is 1. The fourth-order valence-electron chi connectivity index (χ4n) is 3.11. The largest absolute Gasteiger partial charge is 0.483 e. The number of ether oxygens (including phenoxy) is 1. The van der Waals surface area contributed by atoms with Crippen LogP contribution in [0.15, 0.2) is 66.7 Å². The summed E-state index contributed by atoms with van der Waals surface area (Å²) in [5.74, 6) is 0.363. The topological polar surface area (TPSA) is 63.2 Å². The molecule has 0 aliphatic heterocycles. The van der Waals surface area contributed by atoms with Gasteiger partial charge in [0.2, 0.25) is 0 Å². The Morgan fingerprint density at radius 3 is 2.58 bits per heavy atom. The molecule has 5 nitrogen and oxygen atoms in total. The summed E-state index contributed by atoms with van der Waals surface area (Å²) in [5.41, 5.74) is 4.85. The minimum atomic E-state index is -0.315. The van der Waals surface area contributed by atoms with E-state index in [2.05, 4.69) is 22.8 Å². The summed E-state index contributed by atoms with van der Waals surface area (Å²) in [4.78, 5) is 16.9. The van der Waals surface area contributed by atoms with Crippen LogP contribution in [0, 0.1) is 13.8 Å². The smallest absolute Gasteiger partial charge is 0.264 e. The minimum Gasteiger partial charge on any atom is -0.483 e. The highest BCUT2D eigenvalue weighted by atomic mass is 32.1. The van der Waals surface area contributed by atoms with Crippen LogP contribution in [0.25, 0.3) is 20.8 Å². The summed E-state index contributed by atoms with van der Waals surface area (Å²) in [6.45, 7) is 3.81. The molecule has 0 unspecified atom stereocenters. The lowest BCUT2D eigenvalue weighted by molar-refractivity contribution is -0.121. The Hall–Kier alpha value is -3.29. The molecular weight excluding hydrogens is 426 g/mol.